The normalized spacial score (nSPS) is 18.5. The minimum atomic E-state index is -0.612. The van der Waals surface area contributed by atoms with Gasteiger partial charge in [-0.05, 0) is 49.7 Å². The summed E-state index contributed by atoms with van der Waals surface area (Å²) in [4.78, 5) is 24.1. The molecule has 2 heterocycles. The first-order valence-corrected chi connectivity index (χ1v) is 8.60. The standard InChI is InChI=1S/C15H24N4O2S.ClH/c16-15(21)19-12(13-4-2-8-22-13)9-14(20)18-7-5-11-3-1-6-17-10-11;/h2,4,8,11-12,17H,1,3,5-7,9-10H2,(H,18,20)(H3,16,19,21);1H. The lowest BCUT2D eigenvalue weighted by atomic mass is 9.96. The number of carbonyl (C=O) groups excluding carboxylic acids is 2. The molecule has 2 rings (SSSR count). The molecule has 1 aromatic heterocycles. The van der Waals surface area contributed by atoms with Gasteiger partial charge in [-0.15, -0.1) is 23.7 Å². The van der Waals surface area contributed by atoms with Gasteiger partial charge in [-0.3, -0.25) is 4.79 Å². The summed E-state index contributed by atoms with van der Waals surface area (Å²) in [5.74, 6) is 0.585. The van der Waals surface area contributed by atoms with Crippen LogP contribution in [0.4, 0.5) is 4.79 Å². The molecule has 23 heavy (non-hydrogen) atoms. The van der Waals surface area contributed by atoms with Crippen molar-refractivity contribution in [3.8, 4) is 0 Å². The Hall–Kier alpha value is -1.31. The van der Waals surface area contributed by atoms with Gasteiger partial charge in [0, 0.05) is 11.4 Å². The molecule has 8 heteroatoms. The molecule has 1 aliphatic rings. The summed E-state index contributed by atoms with van der Waals surface area (Å²) in [6.07, 6.45) is 3.64. The highest BCUT2D eigenvalue weighted by molar-refractivity contribution is 7.10. The first kappa shape index (κ1) is 19.7. The molecular weight excluding hydrogens is 336 g/mol. The van der Waals surface area contributed by atoms with Gasteiger partial charge in [-0.2, -0.15) is 0 Å². The van der Waals surface area contributed by atoms with E-state index in [1.165, 1.54) is 24.2 Å². The second kappa shape index (κ2) is 10.5. The minimum Gasteiger partial charge on any atom is -0.356 e. The lowest BCUT2D eigenvalue weighted by Gasteiger charge is -2.23. The summed E-state index contributed by atoms with van der Waals surface area (Å²) >= 11 is 1.50. The Morgan fingerprint density at radius 3 is 2.91 bits per heavy atom. The van der Waals surface area contributed by atoms with Crippen molar-refractivity contribution >= 4 is 35.7 Å². The average Bonchev–Trinajstić information content (AvgIpc) is 3.01. The Morgan fingerprint density at radius 2 is 2.30 bits per heavy atom. The van der Waals surface area contributed by atoms with Crippen molar-refractivity contribution in [2.24, 2.45) is 11.7 Å². The highest BCUT2D eigenvalue weighted by Crippen LogP contribution is 2.22. The van der Waals surface area contributed by atoms with Gasteiger partial charge >= 0.3 is 6.03 Å². The third kappa shape index (κ3) is 7.20. The van der Waals surface area contributed by atoms with Crippen LogP contribution in [0.1, 0.15) is 36.6 Å². The van der Waals surface area contributed by atoms with Crippen LogP contribution in [0.5, 0.6) is 0 Å². The van der Waals surface area contributed by atoms with E-state index in [4.69, 9.17) is 5.73 Å². The molecular formula is C15H25ClN4O2S. The van der Waals surface area contributed by atoms with Gasteiger partial charge in [0.05, 0.1) is 12.5 Å². The Kier molecular flexibility index (Phi) is 8.98. The molecule has 0 aromatic carbocycles. The van der Waals surface area contributed by atoms with Crippen molar-refractivity contribution in [1.29, 1.82) is 0 Å². The fourth-order valence-electron chi connectivity index (χ4n) is 2.73. The summed E-state index contributed by atoms with van der Waals surface area (Å²) in [6, 6.07) is 2.82. The summed E-state index contributed by atoms with van der Waals surface area (Å²) in [7, 11) is 0. The van der Waals surface area contributed by atoms with Crippen LogP contribution in [0, 0.1) is 5.92 Å². The van der Waals surface area contributed by atoms with Gasteiger partial charge in [-0.1, -0.05) is 6.07 Å². The van der Waals surface area contributed by atoms with Crippen molar-refractivity contribution < 1.29 is 9.59 Å². The van der Waals surface area contributed by atoms with Crippen molar-refractivity contribution in [1.82, 2.24) is 16.0 Å². The zero-order valence-corrected chi connectivity index (χ0v) is 14.7. The molecule has 5 N–H and O–H groups in total. The van der Waals surface area contributed by atoms with E-state index in [2.05, 4.69) is 16.0 Å². The smallest absolute Gasteiger partial charge is 0.312 e. The maximum Gasteiger partial charge on any atom is 0.312 e. The third-order valence-corrected chi connectivity index (χ3v) is 4.85. The predicted octanol–water partition coefficient (Wildman–Crippen LogP) is 1.78. The minimum absolute atomic E-state index is 0. The lowest BCUT2D eigenvalue weighted by Crippen LogP contribution is -2.37. The van der Waals surface area contributed by atoms with Crippen LogP contribution in [0.15, 0.2) is 17.5 Å². The molecule has 2 atom stereocenters. The Balaban J connectivity index is 0.00000264. The monoisotopic (exact) mass is 360 g/mol. The van der Waals surface area contributed by atoms with E-state index < -0.39 is 6.03 Å². The third-order valence-electron chi connectivity index (χ3n) is 3.87. The van der Waals surface area contributed by atoms with Crippen LogP contribution in [0.3, 0.4) is 0 Å². The highest BCUT2D eigenvalue weighted by Gasteiger charge is 2.19. The molecule has 0 aliphatic carbocycles. The van der Waals surface area contributed by atoms with E-state index in [-0.39, 0.29) is 30.8 Å². The van der Waals surface area contributed by atoms with Crippen molar-refractivity contribution in [2.45, 2.75) is 31.7 Å². The van der Waals surface area contributed by atoms with Crippen LogP contribution in [0.25, 0.3) is 0 Å². The maximum atomic E-state index is 12.1. The number of primary amides is 1. The number of piperidine rings is 1. The number of urea groups is 1. The number of hydrogen-bond donors (Lipinski definition) is 4. The van der Waals surface area contributed by atoms with Crippen LogP contribution in [-0.2, 0) is 4.79 Å². The van der Waals surface area contributed by atoms with Gasteiger partial charge in [0.2, 0.25) is 5.91 Å². The summed E-state index contributed by atoms with van der Waals surface area (Å²) in [5, 5.41) is 10.9. The average molecular weight is 361 g/mol. The zero-order valence-electron chi connectivity index (χ0n) is 13.0. The molecule has 0 radical (unpaired) electrons. The Bertz CT molecular complexity index is 478. The summed E-state index contributed by atoms with van der Waals surface area (Å²) in [6.45, 7) is 2.82. The number of amides is 3. The molecule has 1 aromatic rings. The predicted molar refractivity (Wildman–Crippen MR) is 94.9 cm³/mol. The summed E-state index contributed by atoms with van der Waals surface area (Å²) < 4.78 is 0. The largest absolute Gasteiger partial charge is 0.356 e. The first-order valence-electron chi connectivity index (χ1n) is 7.72. The van der Waals surface area contributed by atoms with E-state index in [1.54, 1.807) is 0 Å². The molecule has 1 saturated heterocycles. The molecule has 0 saturated carbocycles. The van der Waals surface area contributed by atoms with Gasteiger partial charge in [0.15, 0.2) is 0 Å². The Morgan fingerprint density at radius 1 is 1.48 bits per heavy atom. The zero-order chi connectivity index (χ0) is 15.8. The number of rotatable bonds is 7. The number of halogens is 1. The molecule has 3 amide bonds. The van der Waals surface area contributed by atoms with Gasteiger partial charge in [0.25, 0.3) is 0 Å². The van der Waals surface area contributed by atoms with Gasteiger partial charge < -0.3 is 21.7 Å². The van der Waals surface area contributed by atoms with Gasteiger partial charge in [-0.25, -0.2) is 4.79 Å². The maximum absolute atomic E-state index is 12.1. The molecule has 2 unspecified atom stereocenters. The molecule has 1 fully saturated rings. The highest BCUT2D eigenvalue weighted by atomic mass is 35.5. The van der Waals surface area contributed by atoms with E-state index >= 15 is 0 Å². The first-order chi connectivity index (χ1) is 10.6. The fourth-order valence-corrected chi connectivity index (χ4v) is 3.51. The number of thiophene rings is 1. The molecule has 0 spiro atoms. The second-order valence-corrected chi connectivity index (χ2v) is 6.61. The van der Waals surface area contributed by atoms with Crippen molar-refractivity contribution in [3.63, 3.8) is 0 Å². The molecule has 0 bridgehead atoms. The number of hydrogen-bond acceptors (Lipinski definition) is 4. The lowest BCUT2D eigenvalue weighted by molar-refractivity contribution is -0.121. The van der Waals surface area contributed by atoms with Crippen molar-refractivity contribution in [3.05, 3.63) is 22.4 Å². The molecule has 130 valence electrons. The SMILES string of the molecule is Cl.NC(=O)NC(CC(=O)NCCC1CCCNC1)c1cccs1. The number of nitrogens with one attached hydrogen (secondary N) is 3. The fraction of sp³-hybridized carbons (Fsp3) is 0.600. The number of nitrogens with two attached hydrogens (primary N) is 1. The Labute approximate surface area is 147 Å². The quantitative estimate of drug-likeness (QED) is 0.596. The van der Waals surface area contributed by atoms with E-state index in [9.17, 15) is 9.59 Å². The van der Waals surface area contributed by atoms with E-state index in [0.29, 0.717) is 12.5 Å². The molecule has 1 aliphatic heterocycles. The topological polar surface area (TPSA) is 96.2 Å². The number of carbonyl (C=O) groups is 2. The van der Waals surface area contributed by atoms with E-state index in [1.807, 2.05) is 17.5 Å². The summed E-state index contributed by atoms with van der Waals surface area (Å²) in [5.41, 5.74) is 5.19. The van der Waals surface area contributed by atoms with Crippen LogP contribution < -0.4 is 21.7 Å². The van der Waals surface area contributed by atoms with Crippen LogP contribution in [-0.4, -0.2) is 31.6 Å². The van der Waals surface area contributed by atoms with Gasteiger partial charge in [0.1, 0.15) is 0 Å². The van der Waals surface area contributed by atoms with Crippen molar-refractivity contribution in [2.75, 3.05) is 19.6 Å². The second-order valence-electron chi connectivity index (χ2n) is 5.63. The van der Waals surface area contributed by atoms with Crippen LogP contribution in [0.2, 0.25) is 0 Å². The van der Waals surface area contributed by atoms with Crippen LogP contribution >= 0.6 is 23.7 Å². The molecule has 6 nitrogen and oxygen atoms in total. The van der Waals surface area contributed by atoms with E-state index in [0.717, 1.165) is 24.4 Å².